The molecule has 3 N–H and O–H groups in total. The van der Waals surface area contributed by atoms with Crippen LogP contribution in [0.4, 0.5) is 0 Å². The average molecular weight is 529 g/mol. The van der Waals surface area contributed by atoms with Crippen molar-refractivity contribution in [3.05, 3.63) is 80.5 Å². The van der Waals surface area contributed by atoms with Gasteiger partial charge in [0.15, 0.2) is 12.2 Å². The summed E-state index contributed by atoms with van der Waals surface area (Å²) < 4.78 is 0. The first kappa shape index (κ1) is 26.6. The number of nitrogens with one attached hydrogen (secondary N) is 1. The molecule has 36 heavy (non-hydrogen) atoms. The predicted octanol–water partition coefficient (Wildman–Crippen LogP) is 4.11. The molecule has 0 bridgehead atoms. The van der Waals surface area contributed by atoms with Gasteiger partial charge in [-0.15, -0.1) is 11.3 Å². The van der Waals surface area contributed by atoms with Crippen LogP contribution in [0, 0.1) is 0 Å². The number of aliphatic hydroxyl groups is 2. The van der Waals surface area contributed by atoms with E-state index in [9.17, 15) is 19.8 Å². The number of halogens is 1. The second kappa shape index (κ2) is 12.2. The van der Waals surface area contributed by atoms with Crippen LogP contribution >= 0.6 is 22.9 Å². The van der Waals surface area contributed by atoms with Crippen molar-refractivity contribution in [3.63, 3.8) is 0 Å². The van der Waals surface area contributed by atoms with E-state index >= 15 is 0 Å². The molecule has 1 aromatic heterocycles. The van der Waals surface area contributed by atoms with Gasteiger partial charge in [-0.3, -0.25) is 9.59 Å². The zero-order chi connectivity index (χ0) is 25.7. The number of hydrogen-bond donors (Lipinski definition) is 3. The minimum atomic E-state index is -1.82. The van der Waals surface area contributed by atoms with E-state index in [0.29, 0.717) is 24.5 Å². The highest BCUT2D eigenvalue weighted by atomic mass is 35.5. The summed E-state index contributed by atoms with van der Waals surface area (Å²) in [4.78, 5) is 28.2. The monoisotopic (exact) mass is 528 g/mol. The summed E-state index contributed by atoms with van der Waals surface area (Å²) in [6.07, 6.45) is 4.00. The molecule has 1 fully saturated rings. The number of carbonyl (C=O) groups is 2. The quantitative estimate of drug-likeness (QED) is 0.457. The summed E-state index contributed by atoms with van der Waals surface area (Å²) in [5, 5.41) is 26.4. The lowest BCUT2D eigenvalue weighted by Gasteiger charge is -2.30. The lowest BCUT2D eigenvalue weighted by Crippen LogP contribution is -2.52. The van der Waals surface area contributed by atoms with Crippen LogP contribution in [0.25, 0.3) is 0 Å². The average Bonchev–Trinajstić information content (AvgIpc) is 3.57. The van der Waals surface area contributed by atoms with Crippen LogP contribution in [0.3, 0.4) is 0 Å². The smallest absolute Gasteiger partial charge is 0.255 e. The van der Waals surface area contributed by atoms with Gasteiger partial charge in [0.05, 0.1) is 6.04 Å². The Kier molecular flexibility index (Phi) is 9.01. The molecule has 8 heteroatoms. The summed E-state index contributed by atoms with van der Waals surface area (Å²) in [6.45, 7) is 2.95. The Bertz CT molecular complexity index is 1130. The first-order valence-corrected chi connectivity index (χ1v) is 13.7. The number of likely N-dealkylation sites (tertiary alicyclic amines) is 1. The highest BCUT2D eigenvalue weighted by molar-refractivity contribution is 7.10. The molecule has 1 aliphatic carbocycles. The molecular weight excluding hydrogens is 496 g/mol. The molecule has 2 amide bonds. The number of allylic oxidation sites excluding steroid dienone is 3. The Labute approximate surface area is 221 Å². The Hall–Kier alpha value is -2.45. The van der Waals surface area contributed by atoms with Gasteiger partial charge >= 0.3 is 0 Å². The fourth-order valence-corrected chi connectivity index (χ4v) is 6.15. The topological polar surface area (TPSA) is 89.9 Å². The summed E-state index contributed by atoms with van der Waals surface area (Å²) in [7, 11) is 0. The summed E-state index contributed by atoms with van der Waals surface area (Å²) in [5.74, 6) is -1.09. The van der Waals surface area contributed by atoms with E-state index in [0.717, 1.165) is 36.1 Å². The first-order chi connectivity index (χ1) is 17.3. The Morgan fingerprint density at radius 2 is 1.97 bits per heavy atom. The number of rotatable bonds is 9. The van der Waals surface area contributed by atoms with Crippen LogP contribution < -0.4 is 5.32 Å². The summed E-state index contributed by atoms with van der Waals surface area (Å²) in [5.41, 5.74) is 3.52. The molecule has 0 radical (unpaired) electrons. The van der Waals surface area contributed by atoms with Gasteiger partial charge in [-0.25, -0.2) is 0 Å². The van der Waals surface area contributed by atoms with Gasteiger partial charge < -0.3 is 20.4 Å². The molecule has 2 aliphatic rings. The van der Waals surface area contributed by atoms with E-state index in [1.807, 2.05) is 30.4 Å². The van der Waals surface area contributed by atoms with Gasteiger partial charge in [-0.1, -0.05) is 54.9 Å². The van der Waals surface area contributed by atoms with Crippen LogP contribution in [-0.2, 0) is 16.0 Å². The molecule has 2 heterocycles. The first-order valence-electron chi connectivity index (χ1n) is 12.5. The van der Waals surface area contributed by atoms with Crippen LogP contribution in [0.2, 0.25) is 0 Å². The summed E-state index contributed by atoms with van der Waals surface area (Å²) >= 11 is 7.78. The lowest BCUT2D eigenvalue weighted by atomic mass is 9.95. The van der Waals surface area contributed by atoms with Crippen LogP contribution in [0.15, 0.2) is 64.5 Å². The predicted molar refractivity (Wildman–Crippen MR) is 143 cm³/mol. The number of thiophene rings is 1. The number of nitrogens with zero attached hydrogens (tertiary/aromatic N) is 1. The molecule has 2 aromatic rings. The molecule has 0 saturated carbocycles. The van der Waals surface area contributed by atoms with E-state index in [1.54, 1.807) is 16.2 Å². The van der Waals surface area contributed by atoms with Gasteiger partial charge in [-0.2, -0.15) is 0 Å². The zero-order valence-corrected chi connectivity index (χ0v) is 22.0. The molecular formula is C28H33ClN2O4S. The van der Waals surface area contributed by atoms with E-state index < -0.39 is 24.0 Å². The number of aliphatic hydroxyl groups excluding tert-OH is 2. The van der Waals surface area contributed by atoms with Crippen molar-refractivity contribution in [2.24, 2.45) is 0 Å². The minimum absolute atomic E-state index is 0.156. The van der Waals surface area contributed by atoms with Gasteiger partial charge in [-0.05, 0) is 66.3 Å². The van der Waals surface area contributed by atoms with E-state index in [4.69, 9.17) is 11.6 Å². The second-order valence-corrected chi connectivity index (χ2v) is 10.9. The maximum absolute atomic E-state index is 13.0. The van der Waals surface area contributed by atoms with Crippen molar-refractivity contribution < 1.29 is 19.8 Å². The largest absolute Gasteiger partial charge is 0.380 e. The maximum atomic E-state index is 13.0. The Morgan fingerprint density at radius 1 is 1.19 bits per heavy atom. The van der Waals surface area contributed by atoms with Crippen LogP contribution in [-0.4, -0.2) is 58.3 Å². The van der Waals surface area contributed by atoms with E-state index in [1.165, 1.54) is 11.1 Å². The highest BCUT2D eigenvalue weighted by Crippen LogP contribution is 2.32. The van der Waals surface area contributed by atoms with Crippen molar-refractivity contribution in [1.29, 1.82) is 0 Å². The van der Waals surface area contributed by atoms with Crippen molar-refractivity contribution in [1.82, 2.24) is 10.2 Å². The van der Waals surface area contributed by atoms with E-state index in [-0.39, 0.29) is 12.0 Å². The van der Waals surface area contributed by atoms with Crippen molar-refractivity contribution in [2.75, 3.05) is 13.1 Å². The van der Waals surface area contributed by atoms with Gasteiger partial charge in [0.2, 0.25) is 0 Å². The van der Waals surface area contributed by atoms with Gasteiger partial charge in [0, 0.05) is 28.9 Å². The maximum Gasteiger partial charge on any atom is 0.255 e. The van der Waals surface area contributed by atoms with Crippen LogP contribution in [0.1, 0.15) is 54.5 Å². The van der Waals surface area contributed by atoms with Gasteiger partial charge in [0.25, 0.3) is 11.8 Å². The second-order valence-electron chi connectivity index (χ2n) is 9.45. The van der Waals surface area contributed by atoms with Crippen LogP contribution in [0.5, 0.6) is 0 Å². The van der Waals surface area contributed by atoms with Crippen molar-refractivity contribution in [3.8, 4) is 0 Å². The fourth-order valence-electron chi connectivity index (χ4n) is 4.92. The normalized spacial score (nSPS) is 20.3. The number of amides is 2. The minimum Gasteiger partial charge on any atom is -0.380 e. The number of carbonyl (C=O) groups excluding carboxylic acids is 2. The molecule has 1 unspecified atom stereocenters. The summed E-state index contributed by atoms with van der Waals surface area (Å²) in [6, 6.07) is 12.3. The SMILES string of the molecule is CC(c1ccccc1)c1csc(CCNC(=O)[C@H](O)[C@@H](O)C(=O)N2CCC[C@@H]2C2=CC(Cl)=CCC2)c1. The van der Waals surface area contributed by atoms with Crippen molar-refractivity contribution >= 4 is 34.8 Å². The molecule has 1 saturated heterocycles. The van der Waals surface area contributed by atoms with Crippen molar-refractivity contribution in [2.45, 2.75) is 63.2 Å². The third-order valence-corrected chi connectivity index (χ3v) is 8.30. The highest BCUT2D eigenvalue weighted by Gasteiger charge is 2.39. The third kappa shape index (κ3) is 6.27. The molecule has 4 rings (SSSR count). The molecule has 1 aliphatic heterocycles. The van der Waals surface area contributed by atoms with Gasteiger partial charge in [0.1, 0.15) is 0 Å². The third-order valence-electron chi connectivity index (χ3n) is 7.02. The Balaban J connectivity index is 1.28. The standard InChI is InChI=1S/C28H33ClN2O4S/c1-18(19-7-3-2-4-8-19)21-16-23(36-17-21)12-13-30-27(34)25(32)26(33)28(35)31-14-6-11-24(31)20-9-5-10-22(29)15-20/h2-4,7-8,10,15-18,24-26,32-33H,5-6,9,11-14H2,1H3,(H,30,34)/t18?,24-,25-,26-/m1/s1. The van der Waals surface area contributed by atoms with E-state index in [2.05, 4.69) is 35.8 Å². The molecule has 0 spiro atoms. The Morgan fingerprint density at radius 3 is 2.72 bits per heavy atom. The molecule has 4 atom stereocenters. The molecule has 6 nitrogen and oxygen atoms in total. The molecule has 192 valence electrons. The lowest BCUT2D eigenvalue weighted by molar-refractivity contribution is -0.153. The molecule has 1 aromatic carbocycles. The fraction of sp³-hybridized carbons (Fsp3) is 0.429. The number of benzene rings is 1. The zero-order valence-electron chi connectivity index (χ0n) is 20.4. The number of hydrogen-bond acceptors (Lipinski definition) is 5.